The van der Waals surface area contributed by atoms with Gasteiger partial charge in [-0.25, -0.2) is 4.39 Å². The second-order valence-electron chi connectivity index (χ2n) is 7.15. The van der Waals surface area contributed by atoms with Crippen LogP contribution in [0.2, 0.25) is 0 Å². The van der Waals surface area contributed by atoms with Crippen LogP contribution in [0.5, 0.6) is 11.5 Å². The van der Waals surface area contributed by atoms with Gasteiger partial charge in [0.25, 0.3) is 0 Å². The normalized spacial score (nSPS) is 11.4. The molecule has 3 nitrogen and oxygen atoms in total. The molecule has 0 heterocycles. The molecule has 0 aromatic heterocycles. The van der Waals surface area contributed by atoms with Gasteiger partial charge in [-0.3, -0.25) is 4.79 Å². The van der Waals surface area contributed by atoms with Gasteiger partial charge in [0.2, 0.25) is 5.91 Å². The van der Waals surface area contributed by atoms with E-state index < -0.39 is 17.6 Å². The van der Waals surface area contributed by atoms with Crippen molar-refractivity contribution in [2.24, 2.45) is 5.73 Å². The molecular formula is C24H21F4NO2S. The third-order valence-electron chi connectivity index (χ3n) is 4.63. The maximum absolute atomic E-state index is 13.3. The highest BCUT2D eigenvalue weighted by molar-refractivity contribution is 7.98. The largest absolute Gasteiger partial charge is 0.457 e. The first-order valence-electron chi connectivity index (χ1n) is 9.81. The standard InChI is InChI=1S/C24H21F4NO2S/c1-2-17-12-21(32-14-15-3-5-19(25)6-4-15)7-8-22(17)31-20-10-16(11-23(29)30)9-18(13-20)24(26,27)28/h3-10,12-13H,2,11,14H2,1H3,(H2,29,30). The van der Waals surface area contributed by atoms with Crippen LogP contribution in [0.4, 0.5) is 17.6 Å². The van der Waals surface area contributed by atoms with Gasteiger partial charge in [-0.15, -0.1) is 11.8 Å². The van der Waals surface area contributed by atoms with Gasteiger partial charge >= 0.3 is 6.18 Å². The summed E-state index contributed by atoms with van der Waals surface area (Å²) < 4.78 is 58.7. The van der Waals surface area contributed by atoms with Gasteiger partial charge in [-0.2, -0.15) is 13.2 Å². The number of primary amides is 1. The van der Waals surface area contributed by atoms with E-state index in [0.29, 0.717) is 17.9 Å². The van der Waals surface area contributed by atoms with Crippen LogP contribution in [0.3, 0.4) is 0 Å². The average Bonchev–Trinajstić information content (AvgIpc) is 2.73. The molecule has 8 heteroatoms. The molecular weight excluding hydrogens is 442 g/mol. The van der Waals surface area contributed by atoms with Gasteiger partial charge in [0, 0.05) is 10.6 Å². The van der Waals surface area contributed by atoms with E-state index >= 15 is 0 Å². The lowest BCUT2D eigenvalue weighted by atomic mass is 10.1. The molecule has 0 radical (unpaired) electrons. The second-order valence-corrected chi connectivity index (χ2v) is 8.20. The summed E-state index contributed by atoms with van der Waals surface area (Å²) >= 11 is 1.56. The molecule has 0 aliphatic rings. The van der Waals surface area contributed by atoms with Crippen LogP contribution in [0.25, 0.3) is 0 Å². The van der Waals surface area contributed by atoms with E-state index in [4.69, 9.17) is 10.5 Å². The lowest BCUT2D eigenvalue weighted by Gasteiger charge is -2.15. The van der Waals surface area contributed by atoms with Gasteiger partial charge in [0.1, 0.15) is 17.3 Å². The molecule has 2 N–H and O–H groups in total. The molecule has 0 saturated carbocycles. The Morgan fingerprint density at radius 3 is 2.34 bits per heavy atom. The molecule has 168 valence electrons. The Morgan fingerprint density at radius 1 is 1.00 bits per heavy atom. The van der Waals surface area contributed by atoms with Crippen molar-refractivity contribution in [1.82, 2.24) is 0 Å². The highest BCUT2D eigenvalue weighted by Crippen LogP contribution is 2.36. The van der Waals surface area contributed by atoms with Crippen molar-refractivity contribution in [3.8, 4) is 11.5 Å². The van der Waals surface area contributed by atoms with E-state index in [2.05, 4.69) is 0 Å². The fourth-order valence-corrected chi connectivity index (χ4v) is 4.00. The van der Waals surface area contributed by atoms with Crippen molar-refractivity contribution in [3.05, 3.63) is 88.7 Å². The summed E-state index contributed by atoms with van der Waals surface area (Å²) in [4.78, 5) is 12.2. The number of ether oxygens (including phenoxy) is 1. The maximum Gasteiger partial charge on any atom is 0.416 e. The van der Waals surface area contributed by atoms with E-state index in [1.165, 1.54) is 18.2 Å². The summed E-state index contributed by atoms with van der Waals surface area (Å²) in [6, 6.07) is 14.9. The Hall–Kier alpha value is -3.00. The minimum atomic E-state index is -4.58. The Morgan fingerprint density at radius 2 is 1.72 bits per heavy atom. The number of rotatable bonds is 8. The topological polar surface area (TPSA) is 52.3 Å². The summed E-state index contributed by atoms with van der Waals surface area (Å²) in [5.41, 5.74) is 6.16. The Labute approximate surface area is 187 Å². The number of amides is 1. The number of hydrogen-bond donors (Lipinski definition) is 1. The number of benzene rings is 3. The Kier molecular flexibility index (Phi) is 7.45. The Bertz CT molecular complexity index is 1100. The van der Waals surface area contributed by atoms with Gasteiger partial charge in [-0.1, -0.05) is 19.1 Å². The number of alkyl halides is 3. The average molecular weight is 463 g/mol. The zero-order valence-corrected chi connectivity index (χ0v) is 18.0. The van der Waals surface area contributed by atoms with Gasteiger partial charge in [0.05, 0.1) is 12.0 Å². The van der Waals surface area contributed by atoms with Crippen LogP contribution in [-0.2, 0) is 29.6 Å². The maximum atomic E-state index is 13.3. The van der Waals surface area contributed by atoms with Crippen molar-refractivity contribution >= 4 is 17.7 Å². The highest BCUT2D eigenvalue weighted by atomic mass is 32.2. The molecule has 0 saturated heterocycles. The highest BCUT2D eigenvalue weighted by Gasteiger charge is 2.31. The number of halogens is 4. The van der Waals surface area contributed by atoms with Crippen LogP contribution >= 0.6 is 11.8 Å². The van der Waals surface area contributed by atoms with Gasteiger partial charge in [-0.05, 0) is 71.6 Å². The molecule has 3 aromatic rings. The molecule has 0 aliphatic heterocycles. The summed E-state index contributed by atoms with van der Waals surface area (Å²) in [6.07, 6.45) is -4.30. The van der Waals surface area contributed by atoms with Crippen LogP contribution in [0.1, 0.15) is 29.2 Å². The first-order chi connectivity index (χ1) is 15.1. The van der Waals surface area contributed by atoms with Gasteiger partial charge in [0.15, 0.2) is 0 Å². The molecule has 0 atom stereocenters. The molecule has 0 bridgehead atoms. The minimum Gasteiger partial charge on any atom is -0.457 e. The second kappa shape index (κ2) is 10.1. The van der Waals surface area contributed by atoms with E-state index in [-0.39, 0.29) is 23.6 Å². The number of hydrogen-bond acceptors (Lipinski definition) is 3. The number of carbonyl (C=O) groups excluding carboxylic acids is 1. The Balaban J connectivity index is 1.82. The lowest BCUT2D eigenvalue weighted by Crippen LogP contribution is -2.14. The summed E-state index contributed by atoms with van der Waals surface area (Å²) in [6.45, 7) is 1.92. The first-order valence-corrected chi connectivity index (χ1v) is 10.8. The summed E-state index contributed by atoms with van der Waals surface area (Å²) in [5, 5.41) is 0. The molecule has 32 heavy (non-hydrogen) atoms. The molecule has 3 rings (SSSR count). The lowest BCUT2D eigenvalue weighted by molar-refractivity contribution is -0.137. The van der Waals surface area contributed by atoms with Crippen LogP contribution in [0, 0.1) is 5.82 Å². The minimum absolute atomic E-state index is 0.0162. The number of carbonyl (C=O) groups is 1. The molecule has 1 amide bonds. The fraction of sp³-hybridized carbons (Fsp3) is 0.208. The van der Waals surface area contributed by atoms with Crippen LogP contribution in [0.15, 0.2) is 65.6 Å². The van der Waals surface area contributed by atoms with Crippen molar-refractivity contribution in [2.45, 2.75) is 36.6 Å². The molecule has 0 spiro atoms. The predicted octanol–water partition coefficient (Wildman–Crippen LogP) is 6.52. The van der Waals surface area contributed by atoms with Crippen molar-refractivity contribution in [2.75, 3.05) is 0 Å². The molecule has 0 aliphatic carbocycles. The number of aryl methyl sites for hydroxylation is 1. The summed E-state index contributed by atoms with van der Waals surface area (Å²) in [7, 11) is 0. The number of nitrogens with two attached hydrogens (primary N) is 1. The van der Waals surface area contributed by atoms with Crippen LogP contribution in [-0.4, -0.2) is 5.91 Å². The fourth-order valence-electron chi connectivity index (χ4n) is 3.08. The van der Waals surface area contributed by atoms with Crippen molar-refractivity contribution in [1.29, 1.82) is 0 Å². The third kappa shape index (κ3) is 6.50. The number of thioether (sulfide) groups is 1. The van der Waals surface area contributed by atoms with E-state index in [1.807, 2.05) is 19.1 Å². The molecule has 3 aromatic carbocycles. The van der Waals surface area contributed by atoms with Crippen molar-refractivity contribution < 1.29 is 27.1 Å². The monoisotopic (exact) mass is 463 g/mol. The third-order valence-corrected chi connectivity index (χ3v) is 5.70. The van der Waals surface area contributed by atoms with Crippen molar-refractivity contribution in [3.63, 3.8) is 0 Å². The zero-order chi connectivity index (χ0) is 23.3. The van der Waals surface area contributed by atoms with E-state index in [9.17, 15) is 22.4 Å². The summed E-state index contributed by atoms with van der Waals surface area (Å²) in [5.74, 6) is 0.0444. The van der Waals surface area contributed by atoms with Gasteiger partial charge < -0.3 is 10.5 Å². The zero-order valence-electron chi connectivity index (χ0n) is 17.2. The smallest absolute Gasteiger partial charge is 0.416 e. The van der Waals surface area contributed by atoms with E-state index in [1.54, 1.807) is 30.0 Å². The molecule has 0 fully saturated rings. The predicted molar refractivity (Wildman–Crippen MR) is 116 cm³/mol. The van der Waals surface area contributed by atoms with Crippen LogP contribution < -0.4 is 10.5 Å². The SMILES string of the molecule is CCc1cc(SCc2ccc(F)cc2)ccc1Oc1cc(CC(N)=O)cc(C(F)(F)F)c1. The van der Waals surface area contributed by atoms with E-state index in [0.717, 1.165) is 28.2 Å². The first kappa shape index (κ1) is 23.7. The quantitative estimate of drug-likeness (QED) is 0.306. The molecule has 0 unspecified atom stereocenters.